The van der Waals surface area contributed by atoms with Crippen molar-refractivity contribution in [3.05, 3.63) is 58.2 Å². The molecular formula is C14H11FN2O2S. The van der Waals surface area contributed by atoms with E-state index in [2.05, 4.69) is 4.98 Å². The lowest BCUT2D eigenvalue weighted by atomic mass is 10.3. The Hall–Kier alpha value is -2.21. The summed E-state index contributed by atoms with van der Waals surface area (Å²) in [6.45, 7) is 0.535. The van der Waals surface area contributed by atoms with Crippen molar-refractivity contribution in [1.82, 2.24) is 9.55 Å². The summed E-state index contributed by atoms with van der Waals surface area (Å²) in [6.07, 6.45) is 1.49. The van der Waals surface area contributed by atoms with Gasteiger partial charge in [-0.3, -0.25) is 9.36 Å². The Labute approximate surface area is 118 Å². The monoisotopic (exact) mass is 290 g/mol. The lowest BCUT2D eigenvalue weighted by Crippen LogP contribution is -2.22. The Bertz CT molecular complexity index is 797. The van der Waals surface area contributed by atoms with Crippen LogP contribution in [0.3, 0.4) is 0 Å². The molecule has 4 nitrogen and oxygen atoms in total. The van der Waals surface area contributed by atoms with Gasteiger partial charge in [0.15, 0.2) is 11.6 Å². The van der Waals surface area contributed by atoms with Crippen LogP contribution in [0.2, 0.25) is 0 Å². The molecule has 3 rings (SSSR count). The fourth-order valence-electron chi connectivity index (χ4n) is 1.85. The zero-order chi connectivity index (χ0) is 13.9. The Morgan fingerprint density at radius 1 is 1.30 bits per heavy atom. The lowest BCUT2D eigenvalue weighted by molar-refractivity contribution is 0.282. The minimum Gasteiger partial charge on any atom is -0.489 e. The van der Waals surface area contributed by atoms with E-state index >= 15 is 0 Å². The van der Waals surface area contributed by atoms with Gasteiger partial charge in [0, 0.05) is 0 Å². The molecule has 0 amide bonds. The van der Waals surface area contributed by atoms with E-state index in [1.54, 1.807) is 18.2 Å². The summed E-state index contributed by atoms with van der Waals surface area (Å²) >= 11 is 1.36. The van der Waals surface area contributed by atoms with E-state index < -0.39 is 5.82 Å². The molecular weight excluding hydrogens is 279 g/mol. The smallest absolute Gasteiger partial charge is 0.271 e. The van der Waals surface area contributed by atoms with E-state index in [4.69, 9.17) is 4.74 Å². The highest BCUT2D eigenvalue weighted by molar-refractivity contribution is 7.17. The molecule has 0 radical (unpaired) electrons. The molecule has 20 heavy (non-hydrogen) atoms. The van der Waals surface area contributed by atoms with Gasteiger partial charge in [0.2, 0.25) is 0 Å². The Morgan fingerprint density at radius 2 is 2.15 bits per heavy atom. The number of ether oxygens (including phenoxy) is 1. The maximum atomic E-state index is 13.4. The first-order valence-corrected chi connectivity index (χ1v) is 6.93. The van der Waals surface area contributed by atoms with Crippen molar-refractivity contribution in [2.24, 2.45) is 0 Å². The minimum absolute atomic E-state index is 0.0952. The number of fused-ring (bicyclic) bond motifs is 1. The van der Waals surface area contributed by atoms with Crippen LogP contribution in [0.15, 0.2) is 46.8 Å². The number of aromatic nitrogens is 2. The highest BCUT2D eigenvalue weighted by Gasteiger charge is 2.06. The van der Waals surface area contributed by atoms with E-state index in [9.17, 15) is 9.18 Å². The Morgan fingerprint density at radius 3 is 3.00 bits per heavy atom. The molecule has 0 saturated heterocycles. The summed E-state index contributed by atoms with van der Waals surface area (Å²) in [7, 11) is 0. The summed E-state index contributed by atoms with van der Waals surface area (Å²) in [6, 6.07) is 7.99. The van der Waals surface area contributed by atoms with Gasteiger partial charge >= 0.3 is 0 Å². The molecule has 0 spiro atoms. The summed E-state index contributed by atoms with van der Waals surface area (Å²) in [5.41, 5.74) is 0.605. The standard InChI is InChI=1S/C14H11FN2O2S/c15-10-3-1-2-4-12(10)19-7-6-17-9-16-11-5-8-20-13(11)14(17)18/h1-5,8-9H,6-7H2. The van der Waals surface area contributed by atoms with E-state index in [1.807, 2.05) is 11.4 Å². The Balaban J connectivity index is 1.73. The summed E-state index contributed by atoms with van der Waals surface area (Å²) in [5.74, 6) is -0.225. The number of hydrogen-bond donors (Lipinski definition) is 0. The molecule has 2 heterocycles. The fraction of sp³-hybridized carbons (Fsp3) is 0.143. The third kappa shape index (κ3) is 2.42. The molecule has 0 aliphatic heterocycles. The zero-order valence-electron chi connectivity index (χ0n) is 10.5. The normalized spacial score (nSPS) is 10.8. The number of para-hydroxylation sites is 1. The van der Waals surface area contributed by atoms with Gasteiger partial charge in [-0.25, -0.2) is 9.37 Å². The first-order chi connectivity index (χ1) is 9.75. The van der Waals surface area contributed by atoms with Gasteiger partial charge in [-0.15, -0.1) is 11.3 Å². The SMILES string of the molecule is O=c1c2sccc2ncn1CCOc1ccccc1F. The molecule has 0 atom stereocenters. The first-order valence-electron chi connectivity index (χ1n) is 6.05. The first kappa shape index (κ1) is 12.8. The average molecular weight is 290 g/mol. The molecule has 0 fully saturated rings. The van der Waals surface area contributed by atoms with Gasteiger partial charge in [-0.05, 0) is 23.6 Å². The van der Waals surface area contributed by atoms with E-state index in [1.165, 1.54) is 28.3 Å². The van der Waals surface area contributed by atoms with E-state index in [-0.39, 0.29) is 17.9 Å². The van der Waals surface area contributed by atoms with Crippen LogP contribution < -0.4 is 10.3 Å². The van der Waals surface area contributed by atoms with Crippen molar-refractivity contribution in [3.63, 3.8) is 0 Å². The van der Waals surface area contributed by atoms with Crippen molar-refractivity contribution in [3.8, 4) is 5.75 Å². The predicted molar refractivity (Wildman–Crippen MR) is 75.8 cm³/mol. The van der Waals surface area contributed by atoms with Gasteiger partial charge < -0.3 is 4.74 Å². The predicted octanol–water partition coefficient (Wildman–Crippen LogP) is 2.68. The van der Waals surface area contributed by atoms with Crippen LogP contribution in [0, 0.1) is 5.82 Å². The molecule has 0 N–H and O–H groups in total. The molecule has 0 saturated carbocycles. The average Bonchev–Trinajstić information content (AvgIpc) is 2.93. The lowest BCUT2D eigenvalue weighted by Gasteiger charge is -2.08. The number of hydrogen-bond acceptors (Lipinski definition) is 4. The highest BCUT2D eigenvalue weighted by Crippen LogP contribution is 2.15. The van der Waals surface area contributed by atoms with Crippen LogP contribution in [-0.2, 0) is 6.54 Å². The molecule has 2 aromatic heterocycles. The highest BCUT2D eigenvalue weighted by atomic mass is 32.1. The second kappa shape index (κ2) is 5.42. The largest absolute Gasteiger partial charge is 0.489 e. The third-order valence-electron chi connectivity index (χ3n) is 2.86. The van der Waals surface area contributed by atoms with Crippen LogP contribution in [-0.4, -0.2) is 16.2 Å². The van der Waals surface area contributed by atoms with Crippen molar-refractivity contribution in [1.29, 1.82) is 0 Å². The van der Waals surface area contributed by atoms with Gasteiger partial charge in [-0.1, -0.05) is 12.1 Å². The summed E-state index contributed by atoms with van der Waals surface area (Å²) in [5, 5.41) is 1.83. The number of nitrogens with zero attached hydrogens (tertiary/aromatic N) is 2. The molecule has 0 unspecified atom stereocenters. The number of rotatable bonds is 4. The molecule has 6 heteroatoms. The Kier molecular flexibility index (Phi) is 3.47. The van der Waals surface area contributed by atoms with Crippen LogP contribution >= 0.6 is 11.3 Å². The summed E-state index contributed by atoms with van der Waals surface area (Å²) < 4.78 is 20.8. The quantitative estimate of drug-likeness (QED) is 0.742. The van der Waals surface area contributed by atoms with Crippen LogP contribution in [0.5, 0.6) is 5.75 Å². The zero-order valence-corrected chi connectivity index (χ0v) is 11.3. The maximum absolute atomic E-state index is 13.4. The third-order valence-corrected chi connectivity index (χ3v) is 3.75. The van der Waals surface area contributed by atoms with Crippen LogP contribution in [0.25, 0.3) is 10.2 Å². The van der Waals surface area contributed by atoms with Gasteiger partial charge in [-0.2, -0.15) is 0 Å². The van der Waals surface area contributed by atoms with Gasteiger partial charge in [0.05, 0.1) is 18.4 Å². The molecule has 102 valence electrons. The van der Waals surface area contributed by atoms with E-state index in [0.717, 1.165) is 0 Å². The molecule has 3 aromatic rings. The van der Waals surface area contributed by atoms with Gasteiger partial charge in [0.25, 0.3) is 5.56 Å². The minimum atomic E-state index is -0.410. The van der Waals surface area contributed by atoms with Crippen LogP contribution in [0.1, 0.15) is 0 Å². The van der Waals surface area contributed by atoms with Crippen molar-refractivity contribution >= 4 is 21.6 Å². The van der Waals surface area contributed by atoms with E-state index in [0.29, 0.717) is 16.8 Å². The van der Waals surface area contributed by atoms with Crippen molar-refractivity contribution < 1.29 is 9.13 Å². The summed E-state index contributed by atoms with van der Waals surface area (Å²) in [4.78, 5) is 16.3. The second-order valence-corrected chi connectivity index (χ2v) is 5.07. The van der Waals surface area contributed by atoms with Crippen LogP contribution in [0.4, 0.5) is 4.39 Å². The number of halogens is 1. The van der Waals surface area contributed by atoms with Gasteiger partial charge in [0.1, 0.15) is 11.3 Å². The van der Waals surface area contributed by atoms with Crippen molar-refractivity contribution in [2.75, 3.05) is 6.61 Å². The molecule has 0 bridgehead atoms. The fourth-order valence-corrected chi connectivity index (χ4v) is 2.65. The second-order valence-electron chi connectivity index (χ2n) is 4.16. The molecule has 0 aliphatic rings. The molecule has 1 aromatic carbocycles. The maximum Gasteiger partial charge on any atom is 0.271 e. The number of thiophene rings is 1. The topological polar surface area (TPSA) is 44.1 Å². The van der Waals surface area contributed by atoms with Crippen molar-refractivity contribution in [2.45, 2.75) is 6.54 Å². The molecule has 0 aliphatic carbocycles. The number of benzene rings is 1.